The number of ether oxygens (including phenoxy) is 1. The zero-order chi connectivity index (χ0) is 14.4. The summed E-state index contributed by atoms with van der Waals surface area (Å²) in [5.41, 5.74) is 6.80. The van der Waals surface area contributed by atoms with Crippen LogP contribution in [0.5, 0.6) is 5.75 Å². The molecule has 106 valence electrons. The summed E-state index contributed by atoms with van der Waals surface area (Å²) >= 11 is 0. The minimum absolute atomic E-state index is 0.0208. The molecule has 19 heavy (non-hydrogen) atoms. The summed E-state index contributed by atoms with van der Waals surface area (Å²) in [6.45, 7) is 6.47. The number of aliphatic hydroxyl groups excluding tert-OH is 1. The second kappa shape index (κ2) is 6.99. The van der Waals surface area contributed by atoms with Crippen LogP contribution in [0.15, 0.2) is 18.2 Å². The lowest BCUT2D eigenvalue weighted by Crippen LogP contribution is -2.39. The Morgan fingerprint density at radius 2 is 2.16 bits per heavy atom. The first-order chi connectivity index (χ1) is 9.01. The lowest BCUT2D eigenvalue weighted by Gasteiger charge is -2.26. The third-order valence-electron chi connectivity index (χ3n) is 2.78. The van der Waals surface area contributed by atoms with Gasteiger partial charge in [-0.25, -0.2) is 0 Å². The number of carbonyl (C=O) groups excluding carboxylic acids is 1. The molecule has 0 aliphatic carbocycles. The zero-order valence-corrected chi connectivity index (χ0v) is 11.7. The first-order valence-electron chi connectivity index (χ1n) is 6.45. The lowest BCUT2D eigenvalue weighted by atomic mass is 10.1. The first kappa shape index (κ1) is 15.3. The third kappa shape index (κ3) is 3.86. The lowest BCUT2D eigenvalue weighted by molar-refractivity contribution is 0.0665. The summed E-state index contributed by atoms with van der Waals surface area (Å²) in [7, 11) is 0. The van der Waals surface area contributed by atoms with Gasteiger partial charge in [-0.05, 0) is 39.0 Å². The van der Waals surface area contributed by atoms with Crippen molar-refractivity contribution < 1.29 is 14.6 Å². The largest absolute Gasteiger partial charge is 0.492 e. The maximum Gasteiger partial charge on any atom is 0.254 e. The van der Waals surface area contributed by atoms with Gasteiger partial charge in [0.25, 0.3) is 5.91 Å². The van der Waals surface area contributed by atoms with Gasteiger partial charge in [-0.1, -0.05) is 0 Å². The molecule has 0 fully saturated rings. The molecule has 0 aromatic heterocycles. The van der Waals surface area contributed by atoms with Crippen molar-refractivity contribution in [3.63, 3.8) is 0 Å². The number of hydrogen-bond acceptors (Lipinski definition) is 4. The van der Waals surface area contributed by atoms with E-state index in [1.807, 2.05) is 20.8 Å². The molecule has 0 spiro atoms. The number of amides is 1. The van der Waals surface area contributed by atoms with E-state index in [9.17, 15) is 4.79 Å². The normalized spacial score (nSPS) is 10.6. The third-order valence-corrected chi connectivity index (χ3v) is 2.78. The minimum Gasteiger partial charge on any atom is -0.492 e. The number of carbonyl (C=O) groups is 1. The minimum atomic E-state index is -0.140. The maximum absolute atomic E-state index is 12.3. The molecule has 1 aromatic carbocycles. The van der Waals surface area contributed by atoms with Crippen LogP contribution in [0.25, 0.3) is 0 Å². The van der Waals surface area contributed by atoms with E-state index in [1.165, 1.54) is 0 Å². The molecule has 1 aromatic rings. The monoisotopic (exact) mass is 266 g/mol. The van der Waals surface area contributed by atoms with E-state index < -0.39 is 0 Å². The van der Waals surface area contributed by atoms with Crippen LogP contribution in [0.3, 0.4) is 0 Å². The summed E-state index contributed by atoms with van der Waals surface area (Å²) in [6, 6.07) is 5.02. The standard InChI is InChI=1S/C14H22N2O3/c1-4-19-13-6-5-11(9-12(13)15)14(18)16(7-8-17)10(2)3/h5-6,9-10,17H,4,7-8,15H2,1-3H3. The van der Waals surface area contributed by atoms with Crippen LogP contribution < -0.4 is 10.5 Å². The smallest absolute Gasteiger partial charge is 0.254 e. The molecular formula is C14H22N2O3. The van der Waals surface area contributed by atoms with Gasteiger partial charge >= 0.3 is 0 Å². The Kier molecular flexibility index (Phi) is 5.63. The predicted octanol–water partition coefficient (Wildman–Crippen LogP) is 1.51. The Morgan fingerprint density at radius 1 is 1.47 bits per heavy atom. The van der Waals surface area contributed by atoms with Gasteiger partial charge in [0.15, 0.2) is 0 Å². The van der Waals surface area contributed by atoms with E-state index >= 15 is 0 Å². The van der Waals surface area contributed by atoms with Crippen LogP contribution in [-0.4, -0.2) is 41.7 Å². The van der Waals surface area contributed by atoms with Crippen LogP contribution in [0, 0.1) is 0 Å². The van der Waals surface area contributed by atoms with Gasteiger partial charge in [-0.15, -0.1) is 0 Å². The fourth-order valence-electron chi connectivity index (χ4n) is 1.84. The molecule has 0 saturated heterocycles. The van der Waals surface area contributed by atoms with Gasteiger partial charge in [0, 0.05) is 18.2 Å². The molecule has 0 atom stereocenters. The highest BCUT2D eigenvalue weighted by atomic mass is 16.5. The number of nitrogens with two attached hydrogens (primary N) is 1. The molecule has 0 aliphatic rings. The van der Waals surface area contributed by atoms with Crippen molar-refractivity contribution in [3.8, 4) is 5.75 Å². The topological polar surface area (TPSA) is 75.8 Å². The van der Waals surface area contributed by atoms with E-state index in [0.29, 0.717) is 30.2 Å². The maximum atomic E-state index is 12.3. The molecule has 0 heterocycles. The van der Waals surface area contributed by atoms with Crippen molar-refractivity contribution in [2.45, 2.75) is 26.8 Å². The van der Waals surface area contributed by atoms with E-state index in [-0.39, 0.29) is 18.6 Å². The zero-order valence-electron chi connectivity index (χ0n) is 11.7. The summed E-state index contributed by atoms with van der Waals surface area (Å²) < 4.78 is 5.34. The van der Waals surface area contributed by atoms with Crippen molar-refractivity contribution in [2.75, 3.05) is 25.5 Å². The van der Waals surface area contributed by atoms with Crippen molar-refractivity contribution in [1.29, 1.82) is 0 Å². The van der Waals surface area contributed by atoms with Gasteiger partial charge in [0.2, 0.25) is 0 Å². The van der Waals surface area contributed by atoms with Crippen molar-refractivity contribution in [1.82, 2.24) is 4.90 Å². The Morgan fingerprint density at radius 3 is 2.63 bits per heavy atom. The molecule has 1 amide bonds. The van der Waals surface area contributed by atoms with E-state index in [1.54, 1.807) is 23.1 Å². The molecule has 1 rings (SSSR count). The fraction of sp³-hybridized carbons (Fsp3) is 0.500. The van der Waals surface area contributed by atoms with Crippen LogP contribution in [0.1, 0.15) is 31.1 Å². The molecule has 0 unspecified atom stereocenters. The molecule has 5 nitrogen and oxygen atoms in total. The highest BCUT2D eigenvalue weighted by molar-refractivity contribution is 5.95. The Hall–Kier alpha value is -1.75. The van der Waals surface area contributed by atoms with Crippen LogP contribution in [0.4, 0.5) is 5.69 Å². The highest BCUT2D eigenvalue weighted by Crippen LogP contribution is 2.23. The van der Waals surface area contributed by atoms with Gasteiger partial charge in [0.05, 0.1) is 18.9 Å². The number of rotatable bonds is 6. The molecule has 0 saturated carbocycles. The van der Waals surface area contributed by atoms with Crippen molar-refractivity contribution in [2.24, 2.45) is 0 Å². The van der Waals surface area contributed by atoms with Gasteiger partial charge in [-0.3, -0.25) is 4.79 Å². The second-order valence-electron chi connectivity index (χ2n) is 4.50. The number of nitrogen functional groups attached to an aromatic ring is 1. The fourth-order valence-corrected chi connectivity index (χ4v) is 1.84. The Bertz CT molecular complexity index is 433. The number of aliphatic hydroxyl groups is 1. The van der Waals surface area contributed by atoms with Crippen molar-refractivity contribution in [3.05, 3.63) is 23.8 Å². The SMILES string of the molecule is CCOc1ccc(C(=O)N(CCO)C(C)C)cc1N. The van der Waals surface area contributed by atoms with Gasteiger partial charge < -0.3 is 20.5 Å². The number of nitrogens with zero attached hydrogens (tertiary/aromatic N) is 1. The average Bonchev–Trinajstić information content (AvgIpc) is 2.37. The highest BCUT2D eigenvalue weighted by Gasteiger charge is 2.19. The van der Waals surface area contributed by atoms with E-state index in [0.717, 1.165) is 0 Å². The van der Waals surface area contributed by atoms with Crippen LogP contribution >= 0.6 is 0 Å². The molecular weight excluding hydrogens is 244 g/mol. The summed E-state index contributed by atoms with van der Waals surface area (Å²) in [5, 5.41) is 9.01. The predicted molar refractivity (Wildman–Crippen MR) is 75.3 cm³/mol. The van der Waals surface area contributed by atoms with Gasteiger partial charge in [0.1, 0.15) is 5.75 Å². The van der Waals surface area contributed by atoms with E-state index in [4.69, 9.17) is 15.6 Å². The Balaban J connectivity index is 2.95. The quantitative estimate of drug-likeness (QED) is 0.765. The molecule has 0 radical (unpaired) electrons. The van der Waals surface area contributed by atoms with Crippen LogP contribution in [-0.2, 0) is 0 Å². The number of benzene rings is 1. The molecule has 5 heteroatoms. The average molecular weight is 266 g/mol. The summed E-state index contributed by atoms with van der Waals surface area (Å²) in [5.74, 6) is 0.441. The summed E-state index contributed by atoms with van der Waals surface area (Å²) in [6.07, 6.45) is 0. The summed E-state index contributed by atoms with van der Waals surface area (Å²) in [4.78, 5) is 13.9. The molecule has 0 bridgehead atoms. The second-order valence-corrected chi connectivity index (χ2v) is 4.50. The Labute approximate surface area is 114 Å². The molecule has 3 N–H and O–H groups in total. The number of hydrogen-bond donors (Lipinski definition) is 2. The van der Waals surface area contributed by atoms with Crippen molar-refractivity contribution >= 4 is 11.6 Å². The number of anilines is 1. The van der Waals surface area contributed by atoms with Gasteiger partial charge in [-0.2, -0.15) is 0 Å². The van der Waals surface area contributed by atoms with E-state index in [2.05, 4.69) is 0 Å². The molecule has 0 aliphatic heterocycles. The van der Waals surface area contributed by atoms with Crippen LogP contribution in [0.2, 0.25) is 0 Å². The first-order valence-corrected chi connectivity index (χ1v) is 6.45.